The Morgan fingerprint density at radius 2 is 1.32 bits per heavy atom. The standard InChI is InChI=1S/C27H25ClN2O4/c1-2-3-18-27(19-34-24(31)20-14-16-21(28)17-15-20)25(32)29(22-10-6-4-7-11-22)30(26(27)33)23-12-8-5-9-13-23/h4-17H,2-3,18-19H2,1H3. The number of hydrogen-bond acceptors (Lipinski definition) is 4. The molecule has 0 atom stereocenters. The van der Waals surface area contributed by atoms with Crippen LogP contribution in [-0.2, 0) is 14.3 Å². The van der Waals surface area contributed by atoms with Crippen LogP contribution in [0.4, 0.5) is 11.4 Å². The summed E-state index contributed by atoms with van der Waals surface area (Å²) in [5, 5.41) is 3.28. The van der Waals surface area contributed by atoms with Crippen molar-refractivity contribution < 1.29 is 19.1 Å². The molecule has 4 rings (SSSR count). The molecule has 2 amide bonds. The molecule has 1 aliphatic heterocycles. The SMILES string of the molecule is CCCCC1(COC(=O)c2ccc(Cl)cc2)C(=O)N(c2ccccc2)N(c2ccccc2)C1=O. The van der Waals surface area contributed by atoms with Crippen molar-refractivity contribution in [3.63, 3.8) is 0 Å². The van der Waals surface area contributed by atoms with Gasteiger partial charge in [0.2, 0.25) is 0 Å². The first-order valence-electron chi connectivity index (χ1n) is 11.2. The predicted octanol–water partition coefficient (Wildman–Crippen LogP) is 5.67. The summed E-state index contributed by atoms with van der Waals surface area (Å²) in [5.74, 6) is -1.44. The predicted molar refractivity (Wildman–Crippen MR) is 132 cm³/mol. The number of benzene rings is 3. The lowest BCUT2D eigenvalue weighted by atomic mass is 9.82. The first-order chi connectivity index (χ1) is 16.5. The van der Waals surface area contributed by atoms with Crippen molar-refractivity contribution in [3.8, 4) is 0 Å². The second kappa shape index (κ2) is 10.1. The number of carbonyl (C=O) groups is 3. The molecule has 6 nitrogen and oxygen atoms in total. The Hall–Kier alpha value is -3.64. The van der Waals surface area contributed by atoms with Gasteiger partial charge < -0.3 is 4.74 Å². The van der Waals surface area contributed by atoms with E-state index in [0.29, 0.717) is 28.4 Å². The average molecular weight is 477 g/mol. The highest BCUT2D eigenvalue weighted by Gasteiger charge is 2.59. The molecule has 0 aliphatic carbocycles. The summed E-state index contributed by atoms with van der Waals surface area (Å²) >= 11 is 5.91. The van der Waals surface area contributed by atoms with E-state index in [2.05, 4.69) is 0 Å². The van der Waals surface area contributed by atoms with Gasteiger partial charge in [0.1, 0.15) is 6.61 Å². The molecule has 3 aromatic carbocycles. The third-order valence-corrected chi connectivity index (χ3v) is 6.14. The molecule has 0 saturated carbocycles. The minimum atomic E-state index is -1.52. The van der Waals surface area contributed by atoms with E-state index >= 15 is 0 Å². The van der Waals surface area contributed by atoms with Crippen LogP contribution in [0, 0.1) is 5.41 Å². The summed E-state index contributed by atoms with van der Waals surface area (Å²) in [4.78, 5) is 40.7. The molecule has 1 aliphatic rings. The minimum absolute atomic E-state index is 0.266. The number of amides is 2. The first-order valence-corrected chi connectivity index (χ1v) is 11.6. The summed E-state index contributed by atoms with van der Waals surface area (Å²) in [6.45, 7) is 1.64. The van der Waals surface area contributed by atoms with Crippen molar-refractivity contribution in [2.45, 2.75) is 26.2 Å². The monoisotopic (exact) mass is 476 g/mol. The molecule has 0 bridgehead atoms. The fourth-order valence-corrected chi connectivity index (χ4v) is 4.15. The molecule has 1 heterocycles. The number of unbranched alkanes of at least 4 members (excludes halogenated alkanes) is 1. The van der Waals surface area contributed by atoms with Crippen LogP contribution in [0.15, 0.2) is 84.9 Å². The van der Waals surface area contributed by atoms with Gasteiger partial charge in [-0.2, -0.15) is 0 Å². The van der Waals surface area contributed by atoms with Crippen LogP contribution in [0.2, 0.25) is 5.02 Å². The Balaban J connectivity index is 1.73. The number of ether oxygens (including phenoxy) is 1. The molecule has 3 aromatic rings. The average Bonchev–Trinajstić information content (AvgIpc) is 3.09. The number of halogens is 1. The zero-order valence-corrected chi connectivity index (χ0v) is 19.6. The normalized spacial score (nSPS) is 15.0. The number of nitrogens with zero attached hydrogens (tertiary/aromatic N) is 2. The van der Waals surface area contributed by atoms with Gasteiger partial charge in [-0.15, -0.1) is 0 Å². The van der Waals surface area contributed by atoms with Gasteiger partial charge in [-0.3, -0.25) is 9.59 Å². The van der Waals surface area contributed by atoms with Gasteiger partial charge in [-0.1, -0.05) is 67.8 Å². The maximum atomic E-state index is 14.0. The Kier molecular flexibility index (Phi) is 6.98. The van der Waals surface area contributed by atoms with Crippen LogP contribution < -0.4 is 10.0 Å². The van der Waals surface area contributed by atoms with Gasteiger partial charge in [0.25, 0.3) is 11.8 Å². The number of para-hydroxylation sites is 2. The summed E-state index contributed by atoms with van der Waals surface area (Å²) in [6, 6.07) is 24.3. The van der Waals surface area contributed by atoms with Crippen LogP contribution in [0.25, 0.3) is 0 Å². The van der Waals surface area contributed by atoms with E-state index in [-0.39, 0.29) is 13.0 Å². The molecule has 7 heteroatoms. The molecule has 1 saturated heterocycles. The van der Waals surface area contributed by atoms with Crippen molar-refractivity contribution in [3.05, 3.63) is 95.5 Å². The summed E-state index contributed by atoms with van der Waals surface area (Å²) in [6.07, 6.45) is 1.67. The molecule has 0 unspecified atom stereocenters. The van der Waals surface area contributed by atoms with Gasteiger partial charge in [0, 0.05) is 5.02 Å². The Labute approximate surface area is 203 Å². The van der Waals surface area contributed by atoms with Crippen molar-refractivity contribution >= 4 is 40.8 Å². The second-order valence-electron chi connectivity index (χ2n) is 8.17. The van der Waals surface area contributed by atoms with Crippen LogP contribution in [0.1, 0.15) is 36.5 Å². The van der Waals surface area contributed by atoms with E-state index in [1.165, 1.54) is 10.0 Å². The van der Waals surface area contributed by atoms with E-state index in [1.54, 1.807) is 48.5 Å². The number of hydrazine groups is 1. The molecule has 1 fully saturated rings. The lowest BCUT2D eigenvalue weighted by molar-refractivity contribution is -0.138. The van der Waals surface area contributed by atoms with E-state index in [1.807, 2.05) is 43.3 Å². The molecule has 34 heavy (non-hydrogen) atoms. The van der Waals surface area contributed by atoms with Crippen molar-refractivity contribution in [2.75, 3.05) is 16.6 Å². The number of anilines is 2. The maximum absolute atomic E-state index is 14.0. The van der Waals surface area contributed by atoms with Crippen molar-refractivity contribution in [2.24, 2.45) is 5.41 Å². The fourth-order valence-electron chi connectivity index (χ4n) is 4.03. The van der Waals surface area contributed by atoms with Crippen LogP contribution in [0.5, 0.6) is 0 Å². The number of hydrogen-bond donors (Lipinski definition) is 0. The van der Waals surface area contributed by atoms with Crippen LogP contribution >= 0.6 is 11.6 Å². The Morgan fingerprint density at radius 1 is 0.824 bits per heavy atom. The van der Waals surface area contributed by atoms with Gasteiger partial charge in [0.05, 0.1) is 16.9 Å². The van der Waals surface area contributed by atoms with Gasteiger partial charge in [-0.05, 0) is 55.0 Å². The lowest BCUT2D eigenvalue weighted by Gasteiger charge is -2.27. The molecule has 0 aromatic heterocycles. The van der Waals surface area contributed by atoms with Crippen molar-refractivity contribution in [1.82, 2.24) is 0 Å². The smallest absolute Gasteiger partial charge is 0.338 e. The van der Waals surface area contributed by atoms with E-state index in [9.17, 15) is 14.4 Å². The lowest BCUT2D eigenvalue weighted by Crippen LogP contribution is -2.41. The highest BCUT2D eigenvalue weighted by molar-refractivity contribution is 6.30. The second-order valence-corrected chi connectivity index (χ2v) is 8.61. The highest BCUT2D eigenvalue weighted by Crippen LogP contribution is 2.42. The summed E-state index contributed by atoms with van der Waals surface area (Å²) in [7, 11) is 0. The Morgan fingerprint density at radius 3 is 1.79 bits per heavy atom. The third-order valence-electron chi connectivity index (χ3n) is 5.89. The van der Waals surface area contributed by atoms with E-state index < -0.39 is 23.2 Å². The molecular formula is C27H25ClN2O4. The van der Waals surface area contributed by atoms with E-state index in [0.717, 1.165) is 6.42 Å². The van der Waals surface area contributed by atoms with Crippen molar-refractivity contribution in [1.29, 1.82) is 0 Å². The number of rotatable bonds is 8. The first kappa shape index (κ1) is 23.5. The molecule has 174 valence electrons. The van der Waals surface area contributed by atoms with Gasteiger partial charge in [-0.25, -0.2) is 14.8 Å². The molecular weight excluding hydrogens is 452 g/mol. The number of carbonyl (C=O) groups excluding carboxylic acids is 3. The Bertz CT molecular complexity index is 1110. The van der Waals surface area contributed by atoms with Crippen LogP contribution in [0.3, 0.4) is 0 Å². The zero-order valence-electron chi connectivity index (χ0n) is 18.8. The van der Waals surface area contributed by atoms with Gasteiger partial charge >= 0.3 is 5.97 Å². The quantitative estimate of drug-likeness (QED) is 0.310. The topological polar surface area (TPSA) is 66.9 Å². The highest BCUT2D eigenvalue weighted by atomic mass is 35.5. The number of esters is 1. The van der Waals surface area contributed by atoms with E-state index in [4.69, 9.17) is 16.3 Å². The fraction of sp³-hybridized carbons (Fsp3) is 0.222. The molecule has 0 N–H and O–H groups in total. The largest absolute Gasteiger partial charge is 0.460 e. The molecule has 0 spiro atoms. The molecule has 0 radical (unpaired) electrons. The minimum Gasteiger partial charge on any atom is -0.460 e. The third kappa shape index (κ3) is 4.41. The zero-order chi connectivity index (χ0) is 24.1. The van der Waals surface area contributed by atoms with Gasteiger partial charge in [0.15, 0.2) is 5.41 Å². The summed E-state index contributed by atoms with van der Waals surface area (Å²) < 4.78 is 5.58. The van der Waals surface area contributed by atoms with Crippen LogP contribution in [-0.4, -0.2) is 24.4 Å². The summed E-state index contributed by atoms with van der Waals surface area (Å²) in [5.41, 5.74) is -0.101. The maximum Gasteiger partial charge on any atom is 0.338 e.